The summed E-state index contributed by atoms with van der Waals surface area (Å²) in [6, 6.07) is 4.49. The molecule has 1 aromatic carbocycles. The molecule has 1 aromatic heterocycles. The summed E-state index contributed by atoms with van der Waals surface area (Å²) in [5.74, 6) is 0.283. The van der Waals surface area contributed by atoms with Crippen molar-refractivity contribution in [2.75, 3.05) is 0 Å². The van der Waals surface area contributed by atoms with Crippen molar-refractivity contribution in [2.45, 2.75) is 40.5 Å². The average molecular weight is 248 g/mol. The summed E-state index contributed by atoms with van der Waals surface area (Å²) in [5, 5.41) is 0. The first-order chi connectivity index (χ1) is 8.56. The smallest absolute Gasteiger partial charge is 0.125 e. The van der Waals surface area contributed by atoms with Crippen molar-refractivity contribution in [2.24, 2.45) is 5.92 Å². The van der Waals surface area contributed by atoms with Crippen molar-refractivity contribution in [3.63, 3.8) is 0 Å². The molecule has 2 aromatic rings. The lowest BCUT2D eigenvalue weighted by Gasteiger charge is -2.04. The SMILES string of the molecule is CC(C)Cc1cnc2cc(F)ccc2n1.CCC. The molecule has 0 aliphatic heterocycles. The van der Waals surface area contributed by atoms with Gasteiger partial charge in [-0.05, 0) is 24.5 Å². The highest BCUT2D eigenvalue weighted by Gasteiger charge is 2.03. The van der Waals surface area contributed by atoms with E-state index in [1.807, 2.05) is 0 Å². The lowest BCUT2D eigenvalue weighted by molar-refractivity contribution is 0.627. The van der Waals surface area contributed by atoms with Crippen molar-refractivity contribution in [3.05, 3.63) is 35.9 Å². The van der Waals surface area contributed by atoms with E-state index in [0.717, 1.165) is 17.6 Å². The van der Waals surface area contributed by atoms with Crippen LogP contribution in [0.2, 0.25) is 0 Å². The van der Waals surface area contributed by atoms with Gasteiger partial charge in [-0.1, -0.05) is 34.1 Å². The van der Waals surface area contributed by atoms with Crippen molar-refractivity contribution in [1.29, 1.82) is 0 Å². The van der Waals surface area contributed by atoms with Crippen LogP contribution in [0.5, 0.6) is 0 Å². The molecule has 0 aliphatic rings. The van der Waals surface area contributed by atoms with Gasteiger partial charge in [0, 0.05) is 12.3 Å². The summed E-state index contributed by atoms with van der Waals surface area (Å²) < 4.78 is 12.9. The maximum absolute atomic E-state index is 12.9. The van der Waals surface area contributed by atoms with Gasteiger partial charge in [0.25, 0.3) is 0 Å². The van der Waals surface area contributed by atoms with E-state index in [1.54, 1.807) is 12.3 Å². The lowest BCUT2D eigenvalue weighted by atomic mass is 10.1. The fourth-order valence-corrected chi connectivity index (χ4v) is 1.54. The molecule has 1 heterocycles. The number of fused-ring (bicyclic) bond motifs is 1. The average Bonchev–Trinajstić information content (AvgIpc) is 2.29. The van der Waals surface area contributed by atoms with E-state index >= 15 is 0 Å². The number of benzene rings is 1. The molecule has 2 rings (SSSR count). The Bertz CT molecular complexity index is 495. The minimum absolute atomic E-state index is 0.270. The molecular weight excluding hydrogens is 227 g/mol. The van der Waals surface area contributed by atoms with Gasteiger partial charge in [0.2, 0.25) is 0 Å². The van der Waals surface area contributed by atoms with Crippen molar-refractivity contribution in [1.82, 2.24) is 9.97 Å². The number of rotatable bonds is 2. The Balaban J connectivity index is 0.000000492. The summed E-state index contributed by atoms with van der Waals surface area (Å²) in [4.78, 5) is 8.62. The second-order valence-corrected chi connectivity index (χ2v) is 4.80. The van der Waals surface area contributed by atoms with Gasteiger partial charge in [-0.15, -0.1) is 0 Å². The summed E-state index contributed by atoms with van der Waals surface area (Å²) in [6.45, 7) is 8.52. The summed E-state index contributed by atoms with van der Waals surface area (Å²) in [5.41, 5.74) is 2.33. The van der Waals surface area contributed by atoms with E-state index in [9.17, 15) is 4.39 Å². The van der Waals surface area contributed by atoms with E-state index < -0.39 is 0 Å². The van der Waals surface area contributed by atoms with E-state index in [4.69, 9.17) is 0 Å². The highest BCUT2D eigenvalue weighted by atomic mass is 19.1. The molecule has 3 heteroatoms. The van der Waals surface area contributed by atoms with E-state index in [0.29, 0.717) is 11.4 Å². The summed E-state index contributed by atoms with van der Waals surface area (Å²) in [7, 11) is 0. The number of nitrogens with zero attached hydrogens (tertiary/aromatic N) is 2. The second-order valence-electron chi connectivity index (χ2n) is 4.80. The van der Waals surface area contributed by atoms with Crippen LogP contribution in [-0.2, 0) is 6.42 Å². The molecule has 0 amide bonds. The Kier molecular flexibility index (Phi) is 5.69. The van der Waals surface area contributed by atoms with Gasteiger partial charge in [-0.2, -0.15) is 0 Å². The zero-order valence-corrected chi connectivity index (χ0v) is 11.6. The van der Waals surface area contributed by atoms with Gasteiger partial charge in [-0.3, -0.25) is 4.98 Å². The van der Waals surface area contributed by atoms with Crippen LogP contribution in [0.25, 0.3) is 11.0 Å². The maximum atomic E-state index is 12.9. The Morgan fingerprint density at radius 1 is 1.17 bits per heavy atom. The number of hydrogen-bond donors (Lipinski definition) is 0. The van der Waals surface area contributed by atoms with Gasteiger partial charge >= 0.3 is 0 Å². The molecule has 0 radical (unpaired) electrons. The van der Waals surface area contributed by atoms with Gasteiger partial charge < -0.3 is 0 Å². The molecule has 18 heavy (non-hydrogen) atoms. The molecule has 0 saturated carbocycles. The van der Waals surface area contributed by atoms with Gasteiger partial charge in [0.15, 0.2) is 0 Å². The molecule has 0 aliphatic carbocycles. The molecule has 2 nitrogen and oxygen atoms in total. The largest absolute Gasteiger partial charge is 0.253 e. The highest BCUT2D eigenvalue weighted by molar-refractivity contribution is 5.73. The van der Waals surface area contributed by atoms with Crippen LogP contribution in [0.15, 0.2) is 24.4 Å². The van der Waals surface area contributed by atoms with Gasteiger partial charge in [-0.25, -0.2) is 9.37 Å². The number of hydrogen-bond acceptors (Lipinski definition) is 2. The quantitative estimate of drug-likeness (QED) is 0.788. The first kappa shape index (κ1) is 14.6. The monoisotopic (exact) mass is 248 g/mol. The third kappa shape index (κ3) is 4.40. The molecule has 0 bridgehead atoms. The minimum atomic E-state index is -0.270. The third-order valence-electron chi connectivity index (χ3n) is 2.17. The molecule has 0 unspecified atom stereocenters. The Hall–Kier alpha value is -1.51. The van der Waals surface area contributed by atoms with E-state index in [2.05, 4.69) is 37.7 Å². The van der Waals surface area contributed by atoms with Crippen LogP contribution in [-0.4, -0.2) is 9.97 Å². The first-order valence-electron chi connectivity index (χ1n) is 6.48. The molecule has 0 fully saturated rings. The minimum Gasteiger partial charge on any atom is -0.253 e. The second kappa shape index (κ2) is 7.04. The van der Waals surface area contributed by atoms with Crippen LogP contribution in [0, 0.1) is 11.7 Å². The zero-order chi connectivity index (χ0) is 13.5. The number of halogens is 1. The Morgan fingerprint density at radius 2 is 1.83 bits per heavy atom. The predicted octanol–water partition coefficient (Wildman–Crippen LogP) is 4.38. The fraction of sp³-hybridized carbons (Fsp3) is 0.467. The van der Waals surface area contributed by atoms with Crippen LogP contribution in [0.3, 0.4) is 0 Å². The topological polar surface area (TPSA) is 25.8 Å². The molecule has 0 spiro atoms. The predicted molar refractivity (Wildman–Crippen MR) is 74.0 cm³/mol. The van der Waals surface area contributed by atoms with Crippen LogP contribution >= 0.6 is 0 Å². The van der Waals surface area contributed by atoms with Gasteiger partial charge in [0.05, 0.1) is 16.7 Å². The Labute approximate surface area is 108 Å². The zero-order valence-electron chi connectivity index (χ0n) is 11.6. The molecule has 0 saturated heterocycles. The summed E-state index contributed by atoms with van der Waals surface area (Å²) >= 11 is 0. The molecule has 98 valence electrons. The molecule has 0 atom stereocenters. The third-order valence-corrected chi connectivity index (χ3v) is 2.17. The lowest BCUT2D eigenvalue weighted by Crippen LogP contribution is -1.98. The van der Waals surface area contributed by atoms with Crippen LogP contribution in [0.1, 0.15) is 39.8 Å². The summed E-state index contributed by atoms with van der Waals surface area (Å²) in [6.07, 6.45) is 3.88. The van der Waals surface area contributed by atoms with Crippen LogP contribution in [0.4, 0.5) is 4.39 Å². The normalized spacial score (nSPS) is 10.3. The van der Waals surface area contributed by atoms with Crippen molar-refractivity contribution < 1.29 is 4.39 Å². The molecule has 0 N–H and O–H groups in total. The standard InChI is InChI=1S/C12H13FN2.C3H8/c1-8(2)5-10-7-14-12-6-9(13)3-4-11(12)15-10;1-3-2/h3-4,6-8H,5H2,1-2H3;3H2,1-2H3. The van der Waals surface area contributed by atoms with E-state index in [1.165, 1.54) is 18.6 Å². The highest BCUT2D eigenvalue weighted by Crippen LogP contribution is 2.13. The number of aromatic nitrogens is 2. The van der Waals surface area contributed by atoms with Crippen molar-refractivity contribution >= 4 is 11.0 Å². The first-order valence-corrected chi connectivity index (χ1v) is 6.48. The maximum Gasteiger partial charge on any atom is 0.125 e. The molecular formula is C15H21FN2. The fourth-order valence-electron chi connectivity index (χ4n) is 1.54. The Morgan fingerprint density at radius 3 is 2.44 bits per heavy atom. The van der Waals surface area contributed by atoms with Crippen LogP contribution < -0.4 is 0 Å². The van der Waals surface area contributed by atoms with E-state index in [-0.39, 0.29) is 5.82 Å². The van der Waals surface area contributed by atoms with Gasteiger partial charge in [0.1, 0.15) is 5.82 Å². The van der Waals surface area contributed by atoms with Crippen molar-refractivity contribution in [3.8, 4) is 0 Å².